The first-order valence-corrected chi connectivity index (χ1v) is 2.00. The fourth-order valence-corrected chi connectivity index (χ4v) is 0.385. The van der Waals surface area contributed by atoms with Gasteiger partial charge in [-0.15, -0.1) is 0 Å². The summed E-state index contributed by atoms with van der Waals surface area (Å²) in [7, 11) is 0. The Labute approximate surface area is 74.4 Å². The van der Waals surface area contributed by atoms with Gasteiger partial charge in [-0.3, -0.25) is 0 Å². The Morgan fingerprint density at radius 2 is 0.571 bits per heavy atom. The Kier molecular flexibility index (Phi) is 5.00. The first kappa shape index (κ1) is 7.51. The molecule has 0 atom stereocenters. The van der Waals surface area contributed by atoms with Gasteiger partial charge in [0.05, 0.1) is 0 Å². The molecule has 0 aromatic heterocycles. The van der Waals surface area contributed by atoms with Crippen LogP contribution in [-0.4, -0.2) is 0 Å². The van der Waals surface area contributed by atoms with Crippen LogP contribution in [0.15, 0.2) is 36.4 Å². The predicted molar refractivity (Wildman–Crippen MR) is 26.4 cm³/mol. The molecule has 0 amide bonds. The molecule has 0 N–H and O–H groups in total. The second-order valence-corrected chi connectivity index (χ2v) is 1.15. The largest absolute Gasteiger partial charge is 0.0623 e. The van der Waals surface area contributed by atoms with Gasteiger partial charge in [0.1, 0.15) is 0 Å². The molecule has 0 unspecified atom stereocenters. The standard InChI is InChI=1S/C6H6.Tb/c1-2-4-6-5-3-1;/h1-6H;. The van der Waals surface area contributed by atoms with E-state index in [9.17, 15) is 0 Å². The van der Waals surface area contributed by atoms with Gasteiger partial charge in [-0.05, 0) is 0 Å². The molecule has 1 aromatic rings. The second-order valence-electron chi connectivity index (χ2n) is 1.15. The summed E-state index contributed by atoms with van der Waals surface area (Å²) in [4.78, 5) is 0. The first-order chi connectivity index (χ1) is 3.00. The molecule has 0 aliphatic rings. The van der Waals surface area contributed by atoms with E-state index in [-0.39, 0.29) is 38.6 Å². The van der Waals surface area contributed by atoms with Crippen molar-refractivity contribution in [1.29, 1.82) is 0 Å². The SMILES string of the molecule is [Tb].c1ccccc1. The van der Waals surface area contributed by atoms with E-state index in [0.717, 1.165) is 0 Å². The number of hydrogen-bond donors (Lipinski definition) is 0. The van der Waals surface area contributed by atoms with Crippen LogP contribution in [0.25, 0.3) is 0 Å². The minimum absolute atomic E-state index is 0. The zero-order valence-corrected chi connectivity index (χ0v) is 5.94. The maximum Gasteiger partial charge on any atom is 0 e. The molecule has 0 saturated carbocycles. The Morgan fingerprint density at radius 3 is 0.714 bits per heavy atom. The van der Waals surface area contributed by atoms with Crippen molar-refractivity contribution in [3.8, 4) is 0 Å². The maximum atomic E-state index is 2.00. The zero-order valence-electron chi connectivity index (χ0n) is 3.80. The van der Waals surface area contributed by atoms with Crippen LogP contribution < -0.4 is 0 Å². The molecular weight excluding hydrogens is 231 g/mol. The maximum absolute atomic E-state index is 2.00. The monoisotopic (exact) mass is 237 g/mol. The van der Waals surface area contributed by atoms with E-state index in [0.29, 0.717) is 0 Å². The molecule has 1 radical (unpaired) electrons. The van der Waals surface area contributed by atoms with Crippen LogP contribution >= 0.6 is 0 Å². The summed E-state index contributed by atoms with van der Waals surface area (Å²) in [5, 5.41) is 0. The first-order valence-electron chi connectivity index (χ1n) is 2.00. The van der Waals surface area contributed by atoms with E-state index >= 15 is 0 Å². The van der Waals surface area contributed by atoms with Gasteiger partial charge in [0.15, 0.2) is 0 Å². The van der Waals surface area contributed by atoms with Crippen molar-refractivity contribution in [3.63, 3.8) is 0 Å². The van der Waals surface area contributed by atoms with Gasteiger partial charge in [0, 0.05) is 38.6 Å². The summed E-state index contributed by atoms with van der Waals surface area (Å²) in [5.41, 5.74) is 0. The quantitative estimate of drug-likeness (QED) is 0.644. The van der Waals surface area contributed by atoms with Crippen LogP contribution in [0.1, 0.15) is 0 Å². The molecule has 1 rings (SSSR count). The summed E-state index contributed by atoms with van der Waals surface area (Å²) in [6, 6.07) is 12.0. The predicted octanol–water partition coefficient (Wildman–Crippen LogP) is 1.69. The molecule has 0 saturated heterocycles. The summed E-state index contributed by atoms with van der Waals surface area (Å²) < 4.78 is 0. The third kappa shape index (κ3) is 3.12. The van der Waals surface area contributed by atoms with E-state index < -0.39 is 0 Å². The molecular formula is C6H6Tb. The van der Waals surface area contributed by atoms with Crippen LogP contribution in [-0.2, 0) is 0 Å². The van der Waals surface area contributed by atoms with Gasteiger partial charge < -0.3 is 0 Å². The number of hydrogen-bond acceptors (Lipinski definition) is 0. The van der Waals surface area contributed by atoms with Gasteiger partial charge in [-0.25, -0.2) is 0 Å². The summed E-state index contributed by atoms with van der Waals surface area (Å²) in [6.45, 7) is 0. The Morgan fingerprint density at radius 1 is 0.429 bits per heavy atom. The third-order valence-electron chi connectivity index (χ3n) is 0.667. The van der Waals surface area contributed by atoms with E-state index in [1.165, 1.54) is 0 Å². The molecule has 0 heterocycles. The fraction of sp³-hybridized carbons (Fsp3) is 0. The smallest absolute Gasteiger partial charge is 0 e. The van der Waals surface area contributed by atoms with Crippen LogP contribution in [0, 0.1) is 38.6 Å². The van der Waals surface area contributed by atoms with E-state index in [2.05, 4.69) is 0 Å². The fourth-order valence-electron chi connectivity index (χ4n) is 0.385. The van der Waals surface area contributed by atoms with Crippen molar-refractivity contribution in [1.82, 2.24) is 0 Å². The topological polar surface area (TPSA) is 0 Å². The molecule has 0 aliphatic carbocycles. The number of rotatable bonds is 0. The van der Waals surface area contributed by atoms with Crippen LogP contribution in [0.3, 0.4) is 0 Å². The molecule has 1 aromatic carbocycles. The average Bonchev–Trinajstić information content (AvgIpc) is 1.72. The summed E-state index contributed by atoms with van der Waals surface area (Å²) in [6.07, 6.45) is 0. The molecule has 1 heteroatoms. The van der Waals surface area contributed by atoms with E-state index in [4.69, 9.17) is 0 Å². The van der Waals surface area contributed by atoms with Gasteiger partial charge >= 0.3 is 0 Å². The van der Waals surface area contributed by atoms with Crippen LogP contribution in [0.2, 0.25) is 0 Å². The molecule has 0 bridgehead atoms. The molecule has 0 spiro atoms. The Balaban J connectivity index is 0.000000360. The molecule has 7 heavy (non-hydrogen) atoms. The van der Waals surface area contributed by atoms with Crippen LogP contribution in [0.5, 0.6) is 0 Å². The van der Waals surface area contributed by atoms with Gasteiger partial charge in [0.25, 0.3) is 0 Å². The molecule has 0 aliphatic heterocycles. The van der Waals surface area contributed by atoms with Crippen molar-refractivity contribution >= 4 is 0 Å². The van der Waals surface area contributed by atoms with Crippen molar-refractivity contribution in [2.75, 3.05) is 0 Å². The molecule has 0 fully saturated rings. The van der Waals surface area contributed by atoms with Crippen LogP contribution in [0.4, 0.5) is 0 Å². The Hall–Kier alpha value is 0.506. The number of benzene rings is 1. The average molecular weight is 237 g/mol. The summed E-state index contributed by atoms with van der Waals surface area (Å²) in [5.74, 6) is 0. The Bertz CT molecular complexity index is 76.1. The van der Waals surface area contributed by atoms with Gasteiger partial charge in [-0.2, -0.15) is 0 Å². The zero-order chi connectivity index (χ0) is 4.24. The van der Waals surface area contributed by atoms with Crippen molar-refractivity contribution < 1.29 is 38.6 Å². The van der Waals surface area contributed by atoms with E-state index in [1.807, 2.05) is 36.4 Å². The normalized spacial score (nSPS) is 6.86. The van der Waals surface area contributed by atoms with Gasteiger partial charge in [-0.1, -0.05) is 36.4 Å². The summed E-state index contributed by atoms with van der Waals surface area (Å²) >= 11 is 0. The molecule has 0 nitrogen and oxygen atoms in total. The third-order valence-corrected chi connectivity index (χ3v) is 0.667. The van der Waals surface area contributed by atoms with Crippen molar-refractivity contribution in [3.05, 3.63) is 36.4 Å². The molecule has 39 valence electrons. The van der Waals surface area contributed by atoms with Gasteiger partial charge in [0.2, 0.25) is 0 Å². The van der Waals surface area contributed by atoms with E-state index in [1.54, 1.807) is 0 Å². The second kappa shape index (κ2) is 4.66. The van der Waals surface area contributed by atoms with Crippen molar-refractivity contribution in [2.45, 2.75) is 0 Å². The minimum Gasteiger partial charge on any atom is -0.0623 e. The van der Waals surface area contributed by atoms with Crippen molar-refractivity contribution in [2.24, 2.45) is 0 Å². The minimum atomic E-state index is 0.